The summed E-state index contributed by atoms with van der Waals surface area (Å²) in [5.41, 5.74) is 2.26. The molecule has 0 radical (unpaired) electrons. The summed E-state index contributed by atoms with van der Waals surface area (Å²) in [5.74, 6) is 0.353. The molecule has 0 spiro atoms. The number of hydrogen-bond donors (Lipinski definition) is 1. The second-order valence-corrected chi connectivity index (χ2v) is 4.62. The van der Waals surface area contributed by atoms with Crippen molar-refractivity contribution < 1.29 is 4.79 Å². The van der Waals surface area contributed by atoms with E-state index in [1.807, 2.05) is 43.5 Å². The summed E-state index contributed by atoms with van der Waals surface area (Å²) in [7, 11) is 0. The van der Waals surface area contributed by atoms with Crippen molar-refractivity contribution in [3.63, 3.8) is 0 Å². The van der Waals surface area contributed by atoms with E-state index < -0.39 is 0 Å². The molecular weight excluding hydrogens is 264 g/mol. The van der Waals surface area contributed by atoms with Crippen LogP contribution >= 0.6 is 0 Å². The van der Waals surface area contributed by atoms with Crippen LogP contribution in [0.4, 0.5) is 5.82 Å². The maximum atomic E-state index is 12.3. The molecule has 0 fully saturated rings. The van der Waals surface area contributed by atoms with E-state index in [-0.39, 0.29) is 5.91 Å². The molecule has 0 unspecified atom stereocenters. The molecule has 0 aliphatic rings. The Morgan fingerprint density at radius 2 is 2.00 bits per heavy atom. The quantitative estimate of drug-likeness (QED) is 0.801. The highest BCUT2D eigenvalue weighted by Crippen LogP contribution is 2.12. The fraction of sp³-hybridized carbons (Fsp3) is 0.0625. The van der Waals surface area contributed by atoms with Crippen molar-refractivity contribution in [1.29, 1.82) is 0 Å². The number of carbonyl (C=O) groups excluding carboxylic acids is 1. The maximum absolute atomic E-state index is 12.3. The van der Waals surface area contributed by atoms with E-state index in [0.29, 0.717) is 11.4 Å². The Morgan fingerprint density at radius 1 is 1.14 bits per heavy atom. The molecule has 3 rings (SSSR count). The third kappa shape index (κ3) is 2.97. The van der Waals surface area contributed by atoms with E-state index in [0.717, 1.165) is 11.4 Å². The Kier molecular flexibility index (Phi) is 3.47. The van der Waals surface area contributed by atoms with Gasteiger partial charge in [0.1, 0.15) is 5.82 Å². The lowest BCUT2D eigenvalue weighted by molar-refractivity contribution is 0.102. The third-order valence-electron chi connectivity index (χ3n) is 3.01. The van der Waals surface area contributed by atoms with Gasteiger partial charge in [-0.1, -0.05) is 12.1 Å². The number of aromatic nitrogens is 3. The van der Waals surface area contributed by atoms with E-state index in [4.69, 9.17) is 0 Å². The van der Waals surface area contributed by atoms with Crippen LogP contribution in [0.3, 0.4) is 0 Å². The van der Waals surface area contributed by atoms with Gasteiger partial charge in [-0.2, -0.15) is 5.10 Å². The zero-order chi connectivity index (χ0) is 14.7. The van der Waals surface area contributed by atoms with Crippen molar-refractivity contribution in [3.8, 4) is 5.69 Å². The normalized spacial score (nSPS) is 10.3. The molecular formula is C16H14N4O. The molecule has 5 heteroatoms. The molecule has 0 bridgehead atoms. The summed E-state index contributed by atoms with van der Waals surface area (Å²) < 4.78 is 1.71. The van der Waals surface area contributed by atoms with Crippen LogP contribution in [0.2, 0.25) is 0 Å². The molecule has 2 aromatic heterocycles. The van der Waals surface area contributed by atoms with Crippen molar-refractivity contribution >= 4 is 11.7 Å². The van der Waals surface area contributed by atoms with Gasteiger partial charge in [0.05, 0.1) is 5.69 Å². The van der Waals surface area contributed by atoms with Crippen molar-refractivity contribution in [3.05, 3.63) is 72.2 Å². The lowest BCUT2D eigenvalue weighted by atomic mass is 10.2. The molecule has 0 saturated heterocycles. The average molecular weight is 278 g/mol. The third-order valence-corrected chi connectivity index (χ3v) is 3.01. The molecule has 2 heterocycles. The number of amides is 1. The number of carbonyl (C=O) groups is 1. The van der Waals surface area contributed by atoms with E-state index in [2.05, 4.69) is 15.4 Å². The second-order valence-electron chi connectivity index (χ2n) is 4.62. The standard InChI is InChI=1S/C16H14N4O/c1-12-5-2-8-15(18-12)19-16(21)13-6-3-7-14(11-13)20-10-4-9-17-20/h2-11H,1H3,(H,18,19,21). The van der Waals surface area contributed by atoms with Crippen LogP contribution in [-0.4, -0.2) is 20.7 Å². The van der Waals surface area contributed by atoms with Crippen LogP contribution in [0.1, 0.15) is 16.1 Å². The first-order valence-corrected chi connectivity index (χ1v) is 6.57. The highest BCUT2D eigenvalue weighted by molar-refractivity contribution is 6.04. The summed E-state index contributed by atoms with van der Waals surface area (Å²) in [6.07, 6.45) is 3.53. The van der Waals surface area contributed by atoms with Gasteiger partial charge in [0, 0.05) is 23.7 Å². The van der Waals surface area contributed by atoms with Gasteiger partial charge < -0.3 is 5.32 Å². The molecule has 1 aromatic carbocycles. The number of pyridine rings is 1. The molecule has 1 N–H and O–H groups in total. The topological polar surface area (TPSA) is 59.8 Å². The minimum Gasteiger partial charge on any atom is -0.307 e. The minimum absolute atomic E-state index is 0.192. The van der Waals surface area contributed by atoms with Crippen LogP contribution < -0.4 is 5.32 Å². The first-order chi connectivity index (χ1) is 10.2. The van der Waals surface area contributed by atoms with Crippen LogP contribution in [0.15, 0.2) is 60.9 Å². The maximum Gasteiger partial charge on any atom is 0.256 e. The second kappa shape index (κ2) is 5.58. The van der Waals surface area contributed by atoms with Crippen LogP contribution in [0.25, 0.3) is 5.69 Å². The molecule has 3 aromatic rings. The SMILES string of the molecule is Cc1cccc(NC(=O)c2cccc(-n3cccn3)c2)n1. The average Bonchev–Trinajstić information content (AvgIpc) is 3.02. The summed E-state index contributed by atoms with van der Waals surface area (Å²) in [6, 6.07) is 14.6. The Hall–Kier alpha value is -2.95. The Bertz CT molecular complexity index is 765. The molecule has 0 aliphatic carbocycles. The molecule has 104 valence electrons. The molecule has 0 atom stereocenters. The van der Waals surface area contributed by atoms with Gasteiger partial charge in [0.25, 0.3) is 5.91 Å². The van der Waals surface area contributed by atoms with E-state index in [1.54, 1.807) is 29.1 Å². The van der Waals surface area contributed by atoms with Crippen molar-refractivity contribution in [2.75, 3.05) is 5.32 Å². The fourth-order valence-electron chi connectivity index (χ4n) is 2.01. The van der Waals surface area contributed by atoms with Gasteiger partial charge in [-0.15, -0.1) is 0 Å². The van der Waals surface area contributed by atoms with Gasteiger partial charge in [-0.3, -0.25) is 4.79 Å². The Morgan fingerprint density at radius 3 is 2.76 bits per heavy atom. The van der Waals surface area contributed by atoms with Crippen LogP contribution in [-0.2, 0) is 0 Å². The highest BCUT2D eigenvalue weighted by Gasteiger charge is 2.08. The molecule has 0 saturated carbocycles. The zero-order valence-corrected chi connectivity index (χ0v) is 11.5. The number of hydrogen-bond acceptors (Lipinski definition) is 3. The molecule has 0 aliphatic heterocycles. The first-order valence-electron chi connectivity index (χ1n) is 6.57. The Balaban J connectivity index is 1.83. The van der Waals surface area contributed by atoms with Crippen LogP contribution in [0.5, 0.6) is 0 Å². The summed E-state index contributed by atoms with van der Waals surface area (Å²) in [4.78, 5) is 16.5. The largest absolute Gasteiger partial charge is 0.307 e. The number of benzene rings is 1. The Labute approximate surface area is 122 Å². The van der Waals surface area contributed by atoms with Gasteiger partial charge in [-0.05, 0) is 43.3 Å². The lowest BCUT2D eigenvalue weighted by Gasteiger charge is -2.07. The summed E-state index contributed by atoms with van der Waals surface area (Å²) in [6.45, 7) is 1.88. The fourth-order valence-corrected chi connectivity index (χ4v) is 2.01. The predicted molar refractivity (Wildman–Crippen MR) is 80.5 cm³/mol. The molecule has 21 heavy (non-hydrogen) atoms. The van der Waals surface area contributed by atoms with E-state index >= 15 is 0 Å². The molecule has 5 nitrogen and oxygen atoms in total. The monoisotopic (exact) mass is 278 g/mol. The van der Waals surface area contributed by atoms with Crippen LogP contribution in [0, 0.1) is 6.92 Å². The predicted octanol–water partition coefficient (Wildman–Crippen LogP) is 2.83. The van der Waals surface area contributed by atoms with Gasteiger partial charge in [0.2, 0.25) is 0 Å². The number of nitrogens with one attached hydrogen (secondary N) is 1. The smallest absolute Gasteiger partial charge is 0.256 e. The summed E-state index contributed by atoms with van der Waals surface area (Å²) in [5, 5.41) is 6.95. The van der Waals surface area contributed by atoms with Gasteiger partial charge >= 0.3 is 0 Å². The van der Waals surface area contributed by atoms with E-state index in [9.17, 15) is 4.79 Å². The van der Waals surface area contributed by atoms with Crippen molar-refractivity contribution in [1.82, 2.24) is 14.8 Å². The number of anilines is 1. The minimum atomic E-state index is -0.192. The van der Waals surface area contributed by atoms with E-state index in [1.165, 1.54) is 0 Å². The van der Waals surface area contributed by atoms with Gasteiger partial charge in [-0.25, -0.2) is 9.67 Å². The van der Waals surface area contributed by atoms with Gasteiger partial charge in [0.15, 0.2) is 0 Å². The van der Waals surface area contributed by atoms with Crippen molar-refractivity contribution in [2.24, 2.45) is 0 Å². The lowest BCUT2D eigenvalue weighted by Crippen LogP contribution is -2.13. The molecule has 1 amide bonds. The number of aryl methyl sites for hydroxylation is 1. The highest BCUT2D eigenvalue weighted by atomic mass is 16.1. The number of nitrogens with zero attached hydrogens (tertiary/aromatic N) is 3. The van der Waals surface area contributed by atoms with Crippen molar-refractivity contribution in [2.45, 2.75) is 6.92 Å². The first kappa shape index (κ1) is 13.1. The number of rotatable bonds is 3. The summed E-state index contributed by atoms with van der Waals surface area (Å²) >= 11 is 0. The zero-order valence-electron chi connectivity index (χ0n) is 11.5.